The lowest BCUT2D eigenvalue weighted by Gasteiger charge is -2.46. The molecule has 1 aromatic rings. The first-order valence-electron chi connectivity index (χ1n) is 8.19. The minimum Gasteiger partial charge on any atom is -0.350 e. The highest BCUT2D eigenvalue weighted by Gasteiger charge is 2.43. The number of hydrogen-bond donors (Lipinski definition) is 1. The van der Waals surface area contributed by atoms with Crippen molar-refractivity contribution in [2.24, 2.45) is 12.5 Å². The molecule has 124 valence electrons. The Morgan fingerprint density at radius 1 is 1.39 bits per heavy atom. The van der Waals surface area contributed by atoms with Gasteiger partial charge in [-0.15, -0.1) is 0 Å². The molecule has 0 aromatic carbocycles. The Hall–Kier alpha value is -2.11. The molecule has 1 aromatic heterocycles. The number of aryl methyl sites for hydroxylation is 2. The average Bonchev–Trinajstić information content (AvgIpc) is 2.88. The molecule has 6 heteroatoms. The maximum absolute atomic E-state index is 12.5. The Balaban J connectivity index is 1.77. The third kappa shape index (κ3) is 2.78. The summed E-state index contributed by atoms with van der Waals surface area (Å²) in [4.78, 5) is 26.2. The summed E-state index contributed by atoms with van der Waals surface area (Å²) in [5, 5.41) is 7.29. The van der Waals surface area contributed by atoms with E-state index in [4.69, 9.17) is 0 Å². The average molecular weight is 316 g/mol. The number of fused-ring (bicyclic) bond motifs is 1. The molecule has 23 heavy (non-hydrogen) atoms. The molecular formula is C17H24N4O2. The number of nitrogens with zero attached hydrogens (tertiary/aromatic N) is 3. The van der Waals surface area contributed by atoms with E-state index in [-0.39, 0.29) is 17.2 Å². The number of carbonyl (C=O) groups is 2. The van der Waals surface area contributed by atoms with E-state index in [0.717, 1.165) is 37.1 Å². The van der Waals surface area contributed by atoms with Crippen LogP contribution in [-0.2, 0) is 11.8 Å². The fraction of sp³-hybridized carbons (Fsp3) is 0.588. The molecule has 0 saturated carbocycles. The summed E-state index contributed by atoms with van der Waals surface area (Å²) in [7, 11) is 3.62. The van der Waals surface area contributed by atoms with Gasteiger partial charge in [0.05, 0.1) is 5.69 Å². The van der Waals surface area contributed by atoms with Crippen molar-refractivity contribution in [2.45, 2.75) is 39.0 Å². The summed E-state index contributed by atoms with van der Waals surface area (Å²) in [6, 6.07) is 1.79. The predicted octanol–water partition coefficient (Wildman–Crippen LogP) is 1.76. The van der Waals surface area contributed by atoms with Crippen molar-refractivity contribution in [1.29, 1.82) is 0 Å². The fourth-order valence-electron chi connectivity index (χ4n) is 3.85. The Morgan fingerprint density at radius 3 is 2.87 bits per heavy atom. The number of amides is 2. The summed E-state index contributed by atoms with van der Waals surface area (Å²) in [6.07, 6.45) is 6.65. The zero-order valence-electron chi connectivity index (χ0n) is 14.1. The molecule has 1 N–H and O–H groups in total. The molecule has 0 unspecified atom stereocenters. The molecule has 1 saturated heterocycles. The first kappa shape index (κ1) is 15.8. The van der Waals surface area contributed by atoms with Gasteiger partial charge in [-0.1, -0.05) is 6.08 Å². The number of likely N-dealkylation sites (tertiary alicyclic amines) is 1. The highest BCUT2D eigenvalue weighted by atomic mass is 16.2. The van der Waals surface area contributed by atoms with Crippen molar-refractivity contribution >= 4 is 11.8 Å². The quantitative estimate of drug-likeness (QED) is 0.924. The number of allylic oxidation sites excluding steroid dienone is 1. The van der Waals surface area contributed by atoms with Crippen LogP contribution in [0.25, 0.3) is 0 Å². The van der Waals surface area contributed by atoms with E-state index in [9.17, 15) is 9.59 Å². The van der Waals surface area contributed by atoms with Crippen LogP contribution in [0.15, 0.2) is 17.8 Å². The van der Waals surface area contributed by atoms with Gasteiger partial charge in [-0.05, 0) is 38.7 Å². The summed E-state index contributed by atoms with van der Waals surface area (Å²) in [5.74, 6) is 0.0642. The van der Waals surface area contributed by atoms with Gasteiger partial charge < -0.3 is 10.2 Å². The number of carbonyl (C=O) groups excluding carboxylic acids is 2. The van der Waals surface area contributed by atoms with E-state index >= 15 is 0 Å². The molecule has 6 nitrogen and oxygen atoms in total. The Morgan fingerprint density at radius 2 is 2.17 bits per heavy atom. The highest BCUT2D eigenvalue weighted by molar-refractivity contribution is 5.92. The van der Waals surface area contributed by atoms with Crippen LogP contribution in [0.1, 0.15) is 48.3 Å². The second-order valence-corrected chi connectivity index (χ2v) is 6.69. The van der Waals surface area contributed by atoms with Crippen LogP contribution in [0.4, 0.5) is 0 Å². The molecule has 2 heterocycles. The SMILES string of the molecule is Cc1cc(C(=O)NC[C@@]23CCCC=C2N(C)C(=O)CC3)n(C)n1. The first-order chi connectivity index (χ1) is 10.9. The summed E-state index contributed by atoms with van der Waals surface area (Å²) in [6.45, 7) is 2.44. The lowest BCUT2D eigenvalue weighted by molar-refractivity contribution is -0.132. The Bertz CT molecular complexity index is 676. The minimum absolute atomic E-state index is 0.105. The van der Waals surface area contributed by atoms with Crippen molar-refractivity contribution in [2.75, 3.05) is 13.6 Å². The van der Waals surface area contributed by atoms with E-state index in [2.05, 4.69) is 16.5 Å². The number of piperidine rings is 1. The zero-order valence-corrected chi connectivity index (χ0v) is 14.1. The summed E-state index contributed by atoms with van der Waals surface area (Å²) >= 11 is 0. The van der Waals surface area contributed by atoms with Gasteiger partial charge in [0.1, 0.15) is 5.69 Å². The Labute approximate surface area is 136 Å². The van der Waals surface area contributed by atoms with Gasteiger partial charge in [-0.3, -0.25) is 14.3 Å². The van der Waals surface area contributed by atoms with Crippen LogP contribution in [-0.4, -0.2) is 40.1 Å². The lowest BCUT2D eigenvalue weighted by atomic mass is 9.70. The smallest absolute Gasteiger partial charge is 0.269 e. The van der Waals surface area contributed by atoms with Crippen LogP contribution in [0.3, 0.4) is 0 Å². The number of aromatic nitrogens is 2. The lowest BCUT2D eigenvalue weighted by Crippen LogP contribution is -2.49. The van der Waals surface area contributed by atoms with Crippen molar-refractivity contribution in [3.63, 3.8) is 0 Å². The van der Waals surface area contributed by atoms with Crippen molar-refractivity contribution in [3.05, 3.63) is 29.2 Å². The predicted molar refractivity (Wildman–Crippen MR) is 86.6 cm³/mol. The van der Waals surface area contributed by atoms with Gasteiger partial charge in [-0.25, -0.2) is 0 Å². The number of rotatable bonds is 3. The van der Waals surface area contributed by atoms with Crippen LogP contribution < -0.4 is 5.32 Å². The topological polar surface area (TPSA) is 67.2 Å². The van der Waals surface area contributed by atoms with Crippen LogP contribution in [0.2, 0.25) is 0 Å². The maximum Gasteiger partial charge on any atom is 0.269 e. The molecule has 1 aliphatic heterocycles. The minimum atomic E-state index is -0.107. The third-order valence-corrected chi connectivity index (χ3v) is 5.12. The fourth-order valence-corrected chi connectivity index (χ4v) is 3.85. The second kappa shape index (κ2) is 5.83. The largest absolute Gasteiger partial charge is 0.350 e. The molecule has 1 fully saturated rings. The second-order valence-electron chi connectivity index (χ2n) is 6.69. The van der Waals surface area contributed by atoms with Gasteiger partial charge in [0, 0.05) is 38.2 Å². The van der Waals surface area contributed by atoms with Gasteiger partial charge >= 0.3 is 0 Å². The monoisotopic (exact) mass is 316 g/mol. The molecule has 1 aliphatic carbocycles. The maximum atomic E-state index is 12.5. The summed E-state index contributed by atoms with van der Waals surface area (Å²) < 4.78 is 1.61. The molecule has 0 radical (unpaired) electrons. The van der Waals surface area contributed by atoms with Gasteiger partial charge in [0.15, 0.2) is 0 Å². The van der Waals surface area contributed by atoms with Crippen molar-refractivity contribution < 1.29 is 9.59 Å². The normalized spacial score (nSPS) is 24.2. The number of hydrogen-bond acceptors (Lipinski definition) is 3. The Kier molecular flexibility index (Phi) is 4.00. The molecule has 2 aliphatic rings. The van der Waals surface area contributed by atoms with Crippen LogP contribution in [0.5, 0.6) is 0 Å². The van der Waals surface area contributed by atoms with Gasteiger partial charge in [0.2, 0.25) is 5.91 Å². The molecule has 1 atom stereocenters. The van der Waals surface area contributed by atoms with E-state index in [1.807, 2.05) is 14.0 Å². The zero-order chi connectivity index (χ0) is 16.6. The van der Waals surface area contributed by atoms with E-state index in [1.165, 1.54) is 0 Å². The molecule has 3 rings (SSSR count). The molecular weight excluding hydrogens is 292 g/mol. The standard InChI is InChI=1S/C17H24N4O2/c1-12-10-13(21(3)19-12)16(23)18-11-17-8-5-4-6-14(17)20(2)15(22)7-9-17/h6,10H,4-5,7-9,11H2,1-3H3,(H,18,23)/t17-/m0/s1. The van der Waals surface area contributed by atoms with Crippen LogP contribution in [0, 0.1) is 12.3 Å². The van der Waals surface area contributed by atoms with E-state index in [1.54, 1.807) is 22.7 Å². The van der Waals surface area contributed by atoms with Gasteiger partial charge in [0.25, 0.3) is 5.91 Å². The van der Waals surface area contributed by atoms with E-state index in [0.29, 0.717) is 18.7 Å². The molecule has 2 amide bonds. The van der Waals surface area contributed by atoms with E-state index < -0.39 is 0 Å². The third-order valence-electron chi connectivity index (χ3n) is 5.12. The van der Waals surface area contributed by atoms with Gasteiger partial charge in [-0.2, -0.15) is 5.10 Å². The van der Waals surface area contributed by atoms with Crippen molar-refractivity contribution in [1.82, 2.24) is 20.0 Å². The highest BCUT2D eigenvalue weighted by Crippen LogP contribution is 2.45. The molecule has 0 spiro atoms. The first-order valence-corrected chi connectivity index (χ1v) is 8.19. The summed E-state index contributed by atoms with van der Waals surface area (Å²) in [5.41, 5.74) is 2.38. The van der Waals surface area contributed by atoms with Crippen LogP contribution >= 0.6 is 0 Å². The molecule has 0 bridgehead atoms. The number of nitrogens with one attached hydrogen (secondary N) is 1. The van der Waals surface area contributed by atoms with Crippen molar-refractivity contribution in [3.8, 4) is 0 Å².